The fourth-order valence-electron chi connectivity index (χ4n) is 3.65. The highest BCUT2D eigenvalue weighted by molar-refractivity contribution is 7.20. The van der Waals surface area contributed by atoms with Gasteiger partial charge in [-0.2, -0.15) is 9.78 Å². The molecule has 2 aromatic carbocycles. The fourth-order valence-corrected chi connectivity index (χ4v) is 4.57. The number of ketones is 1. The highest BCUT2D eigenvalue weighted by atomic mass is 32.1. The Morgan fingerprint density at radius 1 is 1.03 bits per heavy atom. The summed E-state index contributed by atoms with van der Waals surface area (Å²) in [5, 5.41) is 8.53. The second kappa shape index (κ2) is 6.93. The molecule has 5 rings (SSSR count). The molecule has 0 saturated heterocycles. The number of fused-ring (bicyclic) bond motifs is 2. The summed E-state index contributed by atoms with van der Waals surface area (Å²) in [6, 6.07) is 14.6. The van der Waals surface area contributed by atoms with Crippen LogP contribution in [0.5, 0.6) is 0 Å². The largest absolute Gasteiger partial charge is 0.306 e. The number of nitrogens with one attached hydrogen (secondary N) is 1. The molecular formula is C22H18N4O2S. The standard InChI is InChI=1S/C22H18N4O2S/c1-13(27)14-9-11-15(12-10-14)21(28)24-20-16-5-4-7-17(16)25-26(20)22-23-18-6-2-3-8-19(18)29-22/h2-3,6,8-12H,4-5,7H2,1H3,(H,24,28). The number of carbonyl (C=O) groups excluding carboxylic acids is 2. The Morgan fingerprint density at radius 3 is 2.55 bits per heavy atom. The summed E-state index contributed by atoms with van der Waals surface area (Å²) < 4.78 is 2.84. The zero-order valence-corrected chi connectivity index (χ0v) is 16.6. The minimum Gasteiger partial charge on any atom is -0.306 e. The molecule has 0 spiro atoms. The lowest BCUT2D eigenvalue weighted by molar-refractivity contribution is 0.100. The van der Waals surface area contributed by atoms with Crippen molar-refractivity contribution >= 4 is 39.1 Å². The van der Waals surface area contributed by atoms with Crippen LogP contribution in [0.3, 0.4) is 0 Å². The van der Waals surface area contributed by atoms with Crippen molar-refractivity contribution in [3.63, 3.8) is 0 Å². The van der Waals surface area contributed by atoms with E-state index in [4.69, 9.17) is 10.1 Å². The Hall–Kier alpha value is -3.32. The van der Waals surface area contributed by atoms with E-state index in [1.54, 1.807) is 40.3 Å². The normalized spacial score (nSPS) is 12.9. The van der Waals surface area contributed by atoms with Crippen LogP contribution in [-0.4, -0.2) is 26.5 Å². The number of aromatic nitrogens is 3. The van der Waals surface area contributed by atoms with Crippen molar-refractivity contribution in [3.05, 3.63) is 70.9 Å². The molecule has 144 valence electrons. The molecule has 1 aliphatic rings. The van der Waals surface area contributed by atoms with Gasteiger partial charge in [0, 0.05) is 16.7 Å². The summed E-state index contributed by atoms with van der Waals surface area (Å²) in [7, 11) is 0. The maximum Gasteiger partial charge on any atom is 0.256 e. The smallest absolute Gasteiger partial charge is 0.256 e. The fraction of sp³-hybridized carbons (Fsp3) is 0.182. The summed E-state index contributed by atoms with van der Waals surface area (Å²) in [6.45, 7) is 1.51. The Balaban J connectivity index is 1.52. The van der Waals surface area contributed by atoms with E-state index in [1.165, 1.54) is 6.92 Å². The van der Waals surface area contributed by atoms with Crippen molar-refractivity contribution in [2.45, 2.75) is 26.2 Å². The first-order valence-corrected chi connectivity index (χ1v) is 10.3. The van der Waals surface area contributed by atoms with Crippen LogP contribution in [0.25, 0.3) is 15.3 Å². The highest BCUT2D eigenvalue weighted by Gasteiger charge is 2.26. The molecule has 7 heteroatoms. The molecular weight excluding hydrogens is 384 g/mol. The van der Waals surface area contributed by atoms with E-state index in [9.17, 15) is 9.59 Å². The molecule has 0 unspecified atom stereocenters. The van der Waals surface area contributed by atoms with Gasteiger partial charge in [-0.3, -0.25) is 9.59 Å². The number of hydrogen-bond donors (Lipinski definition) is 1. The molecule has 1 N–H and O–H groups in total. The van der Waals surface area contributed by atoms with Crippen molar-refractivity contribution in [1.29, 1.82) is 0 Å². The van der Waals surface area contributed by atoms with Gasteiger partial charge in [-0.25, -0.2) is 4.98 Å². The number of benzene rings is 2. The van der Waals surface area contributed by atoms with Crippen molar-refractivity contribution < 1.29 is 9.59 Å². The van der Waals surface area contributed by atoms with E-state index >= 15 is 0 Å². The minimum absolute atomic E-state index is 0.0244. The van der Waals surface area contributed by atoms with E-state index < -0.39 is 0 Å². The number of thiazole rings is 1. The molecule has 4 aromatic rings. The van der Waals surface area contributed by atoms with E-state index in [1.807, 2.05) is 24.3 Å². The van der Waals surface area contributed by atoms with Crippen LogP contribution in [0.2, 0.25) is 0 Å². The number of aryl methyl sites for hydroxylation is 1. The molecule has 0 saturated carbocycles. The maximum absolute atomic E-state index is 12.9. The predicted octanol–water partition coefficient (Wildman–Crippen LogP) is 4.43. The molecule has 2 heterocycles. The van der Waals surface area contributed by atoms with Gasteiger partial charge in [0.25, 0.3) is 5.91 Å². The van der Waals surface area contributed by atoms with Gasteiger partial charge in [0.05, 0.1) is 15.9 Å². The van der Waals surface area contributed by atoms with Crippen molar-refractivity contribution in [3.8, 4) is 5.13 Å². The average molecular weight is 402 g/mol. The van der Waals surface area contributed by atoms with Crippen LogP contribution < -0.4 is 5.32 Å². The summed E-state index contributed by atoms with van der Waals surface area (Å²) >= 11 is 1.55. The monoisotopic (exact) mass is 402 g/mol. The van der Waals surface area contributed by atoms with E-state index in [2.05, 4.69) is 5.32 Å². The minimum atomic E-state index is -0.225. The first-order valence-electron chi connectivity index (χ1n) is 9.49. The van der Waals surface area contributed by atoms with E-state index in [-0.39, 0.29) is 11.7 Å². The quantitative estimate of drug-likeness (QED) is 0.513. The number of carbonyl (C=O) groups is 2. The van der Waals surface area contributed by atoms with Gasteiger partial charge in [-0.1, -0.05) is 35.6 Å². The zero-order valence-electron chi connectivity index (χ0n) is 15.8. The van der Waals surface area contributed by atoms with Gasteiger partial charge in [0.1, 0.15) is 5.82 Å². The second-order valence-electron chi connectivity index (χ2n) is 7.09. The van der Waals surface area contributed by atoms with Crippen LogP contribution >= 0.6 is 11.3 Å². The Morgan fingerprint density at radius 2 is 1.79 bits per heavy atom. The lowest BCUT2D eigenvalue weighted by Gasteiger charge is -2.09. The van der Waals surface area contributed by atoms with Crippen molar-refractivity contribution in [2.24, 2.45) is 0 Å². The van der Waals surface area contributed by atoms with E-state index in [0.717, 1.165) is 45.9 Å². The molecule has 1 aliphatic carbocycles. The third-order valence-electron chi connectivity index (χ3n) is 5.16. The second-order valence-corrected chi connectivity index (χ2v) is 8.10. The molecule has 0 radical (unpaired) electrons. The molecule has 29 heavy (non-hydrogen) atoms. The summed E-state index contributed by atoms with van der Waals surface area (Å²) in [5.74, 6) is 0.443. The first-order chi connectivity index (χ1) is 14.1. The number of hydrogen-bond acceptors (Lipinski definition) is 5. The number of para-hydroxylation sites is 1. The SMILES string of the molecule is CC(=O)c1ccc(C(=O)Nc2c3c(nn2-c2nc4ccccc4s2)CCC3)cc1. The van der Waals surface area contributed by atoms with Gasteiger partial charge in [-0.15, -0.1) is 0 Å². The van der Waals surface area contributed by atoms with Gasteiger partial charge in [0.2, 0.25) is 5.13 Å². The molecule has 0 atom stereocenters. The van der Waals surface area contributed by atoms with E-state index in [0.29, 0.717) is 16.9 Å². The third-order valence-corrected chi connectivity index (χ3v) is 6.17. The summed E-state index contributed by atoms with van der Waals surface area (Å²) in [6.07, 6.45) is 2.83. The number of rotatable bonds is 4. The highest BCUT2D eigenvalue weighted by Crippen LogP contribution is 2.33. The molecule has 0 aliphatic heterocycles. The zero-order chi connectivity index (χ0) is 20.0. The maximum atomic E-state index is 12.9. The lowest BCUT2D eigenvalue weighted by atomic mass is 10.1. The van der Waals surface area contributed by atoms with Crippen molar-refractivity contribution in [2.75, 3.05) is 5.32 Å². The Labute approximate surface area is 171 Å². The topological polar surface area (TPSA) is 76.9 Å². The van der Waals surface area contributed by atoms with Gasteiger partial charge >= 0.3 is 0 Å². The number of anilines is 1. The van der Waals surface area contributed by atoms with Crippen LogP contribution in [0.4, 0.5) is 5.82 Å². The molecule has 0 fully saturated rings. The molecule has 6 nitrogen and oxygen atoms in total. The Bertz CT molecular complexity index is 1220. The summed E-state index contributed by atoms with van der Waals surface area (Å²) in [5.41, 5.74) is 4.10. The van der Waals surface area contributed by atoms with Crippen LogP contribution in [-0.2, 0) is 12.8 Å². The van der Waals surface area contributed by atoms with Gasteiger partial charge in [0.15, 0.2) is 5.78 Å². The lowest BCUT2D eigenvalue weighted by Crippen LogP contribution is -2.16. The molecule has 2 aromatic heterocycles. The number of nitrogens with zero attached hydrogens (tertiary/aromatic N) is 3. The average Bonchev–Trinajstić information content (AvgIpc) is 3.43. The summed E-state index contributed by atoms with van der Waals surface area (Å²) in [4.78, 5) is 29.1. The van der Waals surface area contributed by atoms with Crippen LogP contribution in [0.1, 0.15) is 45.3 Å². The Kier molecular flexibility index (Phi) is 4.24. The molecule has 0 bridgehead atoms. The van der Waals surface area contributed by atoms with Gasteiger partial charge < -0.3 is 5.32 Å². The first kappa shape index (κ1) is 17.8. The number of Topliss-reactive ketones (excluding diaryl/α,β-unsaturated/α-hetero) is 1. The number of amides is 1. The predicted molar refractivity (Wildman–Crippen MR) is 113 cm³/mol. The van der Waals surface area contributed by atoms with Crippen LogP contribution in [0.15, 0.2) is 48.5 Å². The van der Waals surface area contributed by atoms with Crippen molar-refractivity contribution in [1.82, 2.24) is 14.8 Å². The molecule has 1 amide bonds. The third kappa shape index (κ3) is 3.13. The van der Waals surface area contributed by atoms with Gasteiger partial charge in [-0.05, 0) is 50.5 Å². The van der Waals surface area contributed by atoms with Crippen LogP contribution in [0, 0.1) is 0 Å².